The van der Waals surface area contributed by atoms with Gasteiger partial charge in [-0.05, 0) is 51.7 Å². The van der Waals surface area contributed by atoms with Gasteiger partial charge in [-0.3, -0.25) is 4.79 Å². The molecule has 176 valence electrons. The van der Waals surface area contributed by atoms with E-state index in [9.17, 15) is 13.2 Å². The minimum atomic E-state index is -3.59. The van der Waals surface area contributed by atoms with Gasteiger partial charge in [-0.2, -0.15) is 0 Å². The molecule has 7 heteroatoms. The Hall–Kier alpha value is -1.44. The molecule has 1 saturated heterocycles. The van der Waals surface area contributed by atoms with E-state index in [1.165, 1.54) is 6.08 Å². The highest BCUT2D eigenvalue weighted by Gasteiger charge is 2.54. The summed E-state index contributed by atoms with van der Waals surface area (Å²) in [5, 5.41) is 0. The zero-order valence-electron chi connectivity index (χ0n) is 19.8. The Morgan fingerprint density at radius 2 is 1.74 bits per heavy atom. The van der Waals surface area contributed by atoms with Crippen LogP contribution < -0.4 is 0 Å². The Morgan fingerprint density at radius 1 is 1.16 bits per heavy atom. The first-order valence-electron chi connectivity index (χ1n) is 11.5. The van der Waals surface area contributed by atoms with Crippen molar-refractivity contribution < 1.29 is 22.7 Å². The molecule has 0 aromatic rings. The van der Waals surface area contributed by atoms with Crippen molar-refractivity contribution in [1.82, 2.24) is 4.90 Å². The summed E-state index contributed by atoms with van der Waals surface area (Å²) >= 11 is 0. The molecule has 2 aliphatic heterocycles. The van der Waals surface area contributed by atoms with Gasteiger partial charge in [-0.25, -0.2) is 8.42 Å². The predicted octanol–water partition coefficient (Wildman–Crippen LogP) is 4.88. The molecule has 0 atom stereocenters. The van der Waals surface area contributed by atoms with E-state index in [2.05, 4.69) is 13.5 Å². The molecule has 2 heterocycles. The van der Waals surface area contributed by atoms with Gasteiger partial charge in [0.15, 0.2) is 9.84 Å². The molecule has 1 amide bonds. The molecule has 0 aliphatic carbocycles. The fraction of sp³-hybridized carbons (Fsp3) is 0.708. The van der Waals surface area contributed by atoms with Crippen molar-refractivity contribution in [3.05, 3.63) is 34.9 Å². The van der Waals surface area contributed by atoms with E-state index in [1.807, 2.05) is 27.7 Å². The average Bonchev–Trinajstić information content (AvgIpc) is 2.92. The summed E-state index contributed by atoms with van der Waals surface area (Å²) < 4.78 is 37.5. The van der Waals surface area contributed by atoms with Gasteiger partial charge in [0.05, 0.1) is 22.9 Å². The van der Waals surface area contributed by atoms with E-state index in [-0.39, 0.29) is 10.8 Å². The van der Waals surface area contributed by atoms with Crippen LogP contribution in [0.2, 0.25) is 0 Å². The topological polar surface area (TPSA) is 72.9 Å². The van der Waals surface area contributed by atoms with Crippen molar-refractivity contribution in [1.29, 1.82) is 0 Å². The number of nitrogens with zero attached hydrogens (tertiary/aromatic N) is 1. The molecular weight excluding hydrogens is 414 g/mol. The number of unbranched alkanes of at least 4 members (excludes halogenated alkanes) is 1. The van der Waals surface area contributed by atoms with Crippen molar-refractivity contribution in [3.63, 3.8) is 0 Å². The van der Waals surface area contributed by atoms with Gasteiger partial charge >= 0.3 is 0 Å². The lowest BCUT2D eigenvalue weighted by molar-refractivity contribution is -0.235. The Morgan fingerprint density at radius 3 is 2.26 bits per heavy atom. The minimum Gasteiger partial charge on any atom is -0.339 e. The SMILES string of the molecule is C=C(C=CC1=C(C)C2(OCCCO2)C(=O)N1CCCC)S(=O)(=O)C(C)(CCC)CCC. The molecule has 0 aromatic heterocycles. The number of sulfone groups is 1. The lowest BCUT2D eigenvalue weighted by Crippen LogP contribution is -2.50. The van der Waals surface area contributed by atoms with Crippen LogP contribution in [-0.2, 0) is 24.1 Å². The summed E-state index contributed by atoms with van der Waals surface area (Å²) in [6, 6.07) is 0. The van der Waals surface area contributed by atoms with Crippen molar-refractivity contribution in [2.24, 2.45) is 0 Å². The molecule has 1 fully saturated rings. The predicted molar refractivity (Wildman–Crippen MR) is 124 cm³/mol. The first-order valence-corrected chi connectivity index (χ1v) is 13.0. The minimum absolute atomic E-state index is 0.0755. The van der Waals surface area contributed by atoms with E-state index in [0.29, 0.717) is 43.9 Å². The van der Waals surface area contributed by atoms with E-state index in [0.717, 1.165) is 32.1 Å². The van der Waals surface area contributed by atoms with E-state index >= 15 is 0 Å². The van der Waals surface area contributed by atoms with Gasteiger partial charge in [-0.1, -0.05) is 46.6 Å². The molecular formula is C24H39NO5S. The number of allylic oxidation sites excluding steroid dienone is 2. The quantitative estimate of drug-likeness (QED) is 0.417. The summed E-state index contributed by atoms with van der Waals surface area (Å²) in [7, 11) is -3.59. The summed E-state index contributed by atoms with van der Waals surface area (Å²) in [6.07, 6.45) is 8.47. The monoisotopic (exact) mass is 453 g/mol. The molecule has 0 aromatic carbocycles. The summed E-state index contributed by atoms with van der Waals surface area (Å²) in [4.78, 5) is 15.0. The van der Waals surface area contributed by atoms with E-state index in [4.69, 9.17) is 9.47 Å². The zero-order chi connectivity index (χ0) is 23.3. The van der Waals surface area contributed by atoms with Crippen LogP contribution in [0.25, 0.3) is 0 Å². The van der Waals surface area contributed by atoms with Crippen LogP contribution in [-0.4, -0.2) is 49.5 Å². The normalized spacial score (nSPS) is 19.8. The highest BCUT2D eigenvalue weighted by atomic mass is 32.2. The fourth-order valence-electron chi connectivity index (χ4n) is 4.47. The molecule has 6 nitrogen and oxygen atoms in total. The van der Waals surface area contributed by atoms with E-state index in [1.54, 1.807) is 11.0 Å². The number of rotatable bonds is 11. The third kappa shape index (κ3) is 4.83. The second-order valence-corrected chi connectivity index (χ2v) is 11.3. The van der Waals surface area contributed by atoms with Crippen molar-refractivity contribution in [2.75, 3.05) is 19.8 Å². The molecule has 0 N–H and O–H groups in total. The van der Waals surface area contributed by atoms with Crippen molar-refractivity contribution in [2.45, 2.75) is 90.1 Å². The van der Waals surface area contributed by atoms with Crippen LogP contribution >= 0.6 is 0 Å². The van der Waals surface area contributed by atoms with Crippen LogP contribution in [0.3, 0.4) is 0 Å². The number of hydrogen-bond donors (Lipinski definition) is 0. The molecule has 1 spiro atoms. The van der Waals surface area contributed by atoms with Crippen LogP contribution in [0.15, 0.2) is 34.9 Å². The standard InChI is InChI=1S/C24H39NO5S/c1-7-10-16-25-21(20(5)24(22(25)26)29-17-11-18-30-24)13-12-19(4)31(27,28)23(6,14-8-2)15-9-3/h12-13H,4,7-11,14-18H2,1-3,5-6H3. The largest absolute Gasteiger partial charge is 0.339 e. The van der Waals surface area contributed by atoms with Crippen LogP contribution in [0.1, 0.15) is 79.6 Å². The molecule has 31 heavy (non-hydrogen) atoms. The molecule has 0 bridgehead atoms. The van der Waals surface area contributed by atoms with Gasteiger partial charge in [0.2, 0.25) is 0 Å². The fourth-order valence-corrected chi connectivity index (χ4v) is 6.30. The number of ether oxygens (including phenoxy) is 2. The number of hydrogen-bond acceptors (Lipinski definition) is 5. The number of carbonyl (C=O) groups excluding carboxylic acids is 1. The highest BCUT2D eigenvalue weighted by Crippen LogP contribution is 2.40. The second-order valence-electron chi connectivity index (χ2n) is 8.74. The van der Waals surface area contributed by atoms with Crippen LogP contribution in [0.4, 0.5) is 0 Å². The van der Waals surface area contributed by atoms with Gasteiger partial charge in [0, 0.05) is 17.8 Å². The molecule has 2 rings (SSSR count). The maximum Gasteiger partial charge on any atom is 0.292 e. The van der Waals surface area contributed by atoms with E-state index < -0.39 is 20.4 Å². The number of carbonyl (C=O) groups is 1. The van der Waals surface area contributed by atoms with Gasteiger partial charge < -0.3 is 14.4 Å². The summed E-state index contributed by atoms with van der Waals surface area (Å²) in [5.41, 5.74) is 1.31. The first-order chi connectivity index (χ1) is 14.6. The second kappa shape index (κ2) is 10.5. The molecule has 2 aliphatic rings. The number of amides is 1. The highest BCUT2D eigenvalue weighted by molar-refractivity contribution is 7.96. The lowest BCUT2D eigenvalue weighted by atomic mass is 10.00. The molecule has 0 unspecified atom stereocenters. The Labute approximate surface area is 188 Å². The molecule has 0 saturated carbocycles. The maximum absolute atomic E-state index is 13.3. The van der Waals surface area contributed by atoms with Gasteiger partial charge in [0.1, 0.15) is 0 Å². The van der Waals surface area contributed by atoms with Crippen LogP contribution in [0, 0.1) is 0 Å². The van der Waals surface area contributed by atoms with Crippen molar-refractivity contribution in [3.8, 4) is 0 Å². The first kappa shape index (κ1) is 25.8. The Bertz CT molecular complexity index is 828. The summed E-state index contributed by atoms with van der Waals surface area (Å²) in [5.74, 6) is -1.61. The van der Waals surface area contributed by atoms with Gasteiger partial charge in [-0.15, -0.1) is 0 Å². The Kier molecular flexibility index (Phi) is 8.70. The van der Waals surface area contributed by atoms with Crippen molar-refractivity contribution >= 4 is 15.7 Å². The van der Waals surface area contributed by atoms with Crippen LogP contribution in [0.5, 0.6) is 0 Å². The Balaban J connectivity index is 2.40. The lowest BCUT2D eigenvalue weighted by Gasteiger charge is -2.33. The maximum atomic E-state index is 13.3. The smallest absolute Gasteiger partial charge is 0.292 e. The average molecular weight is 454 g/mol. The zero-order valence-corrected chi connectivity index (χ0v) is 20.6. The third-order valence-corrected chi connectivity index (χ3v) is 8.84. The van der Waals surface area contributed by atoms with Gasteiger partial charge in [0.25, 0.3) is 11.7 Å². The third-order valence-electron chi connectivity index (χ3n) is 6.31. The molecule has 0 radical (unpaired) electrons. The summed E-state index contributed by atoms with van der Waals surface area (Å²) in [6.45, 7) is 15.0.